The predicted octanol–water partition coefficient (Wildman–Crippen LogP) is 2.49. The molecule has 0 aliphatic rings. The second-order valence-electron chi connectivity index (χ2n) is 5.23. The molecule has 2 rings (SSSR count). The van der Waals surface area contributed by atoms with E-state index in [0.717, 1.165) is 23.8 Å². The summed E-state index contributed by atoms with van der Waals surface area (Å²) >= 11 is 0. The molecule has 1 atom stereocenters. The number of ether oxygens (including phenoxy) is 2. The maximum Gasteiger partial charge on any atom is 0.328 e. The predicted molar refractivity (Wildman–Crippen MR) is 86.3 cm³/mol. The number of nitrogens with one attached hydrogen (secondary N) is 1. The zero-order chi connectivity index (χ0) is 18.4. The van der Waals surface area contributed by atoms with Crippen molar-refractivity contribution in [1.29, 1.82) is 0 Å². The first kappa shape index (κ1) is 18.4. The van der Waals surface area contributed by atoms with Crippen molar-refractivity contribution in [3.05, 3.63) is 65.2 Å². The number of hydrogen-bond acceptors (Lipinski definition) is 4. The summed E-state index contributed by atoms with van der Waals surface area (Å²) in [5.74, 6) is -2.96. The third-order valence-corrected chi connectivity index (χ3v) is 3.55. The van der Waals surface area contributed by atoms with Crippen molar-refractivity contribution in [1.82, 2.24) is 5.32 Å². The summed E-state index contributed by atoms with van der Waals surface area (Å²) in [6.45, 7) is 0. The number of halogens is 2. The van der Waals surface area contributed by atoms with Gasteiger partial charge in [0.1, 0.15) is 11.8 Å². The van der Waals surface area contributed by atoms with E-state index in [1.807, 2.05) is 0 Å². The molecule has 132 valence electrons. The first-order valence-electron chi connectivity index (χ1n) is 7.41. The Kier molecular flexibility index (Phi) is 6.05. The highest BCUT2D eigenvalue weighted by Crippen LogP contribution is 2.15. The van der Waals surface area contributed by atoms with Crippen LogP contribution in [-0.4, -0.2) is 32.1 Å². The summed E-state index contributed by atoms with van der Waals surface area (Å²) in [4.78, 5) is 24.2. The van der Waals surface area contributed by atoms with Gasteiger partial charge in [-0.25, -0.2) is 13.6 Å². The molecule has 0 saturated heterocycles. The van der Waals surface area contributed by atoms with Crippen LogP contribution in [0, 0.1) is 11.6 Å². The van der Waals surface area contributed by atoms with Crippen LogP contribution in [0.4, 0.5) is 8.78 Å². The van der Waals surface area contributed by atoms with Gasteiger partial charge < -0.3 is 14.8 Å². The average Bonchev–Trinajstić information content (AvgIpc) is 2.62. The molecule has 1 N–H and O–H groups in total. The SMILES string of the molecule is COC(=O)[C@@H](Cc1cccc(OC)c1)NC(=O)c1ccc(F)c(F)c1. The van der Waals surface area contributed by atoms with Gasteiger partial charge in [0.15, 0.2) is 11.6 Å². The van der Waals surface area contributed by atoms with Crippen LogP contribution in [-0.2, 0) is 16.0 Å². The van der Waals surface area contributed by atoms with Crippen molar-refractivity contribution >= 4 is 11.9 Å². The number of methoxy groups -OCH3 is 2. The minimum Gasteiger partial charge on any atom is -0.497 e. The molecule has 0 heterocycles. The molecule has 5 nitrogen and oxygen atoms in total. The van der Waals surface area contributed by atoms with Crippen molar-refractivity contribution in [3.63, 3.8) is 0 Å². The number of rotatable bonds is 6. The van der Waals surface area contributed by atoms with Gasteiger partial charge in [0.25, 0.3) is 5.91 Å². The van der Waals surface area contributed by atoms with E-state index in [1.165, 1.54) is 14.2 Å². The summed E-state index contributed by atoms with van der Waals surface area (Å²) in [6.07, 6.45) is 0.152. The van der Waals surface area contributed by atoms with Crippen LogP contribution in [0.15, 0.2) is 42.5 Å². The highest BCUT2D eigenvalue weighted by atomic mass is 19.2. The Labute approximate surface area is 143 Å². The Hall–Kier alpha value is -2.96. The molecule has 1 amide bonds. The molecule has 0 aliphatic carbocycles. The normalized spacial score (nSPS) is 11.5. The van der Waals surface area contributed by atoms with Crippen LogP contribution >= 0.6 is 0 Å². The van der Waals surface area contributed by atoms with Crippen LogP contribution < -0.4 is 10.1 Å². The maximum atomic E-state index is 13.3. The second-order valence-corrected chi connectivity index (χ2v) is 5.23. The van der Waals surface area contributed by atoms with Crippen molar-refractivity contribution in [2.24, 2.45) is 0 Å². The van der Waals surface area contributed by atoms with Crippen molar-refractivity contribution in [2.75, 3.05) is 14.2 Å². The molecular weight excluding hydrogens is 332 g/mol. The molecule has 0 spiro atoms. The van der Waals surface area contributed by atoms with Crippen LogP contribution in [0.3, 0.4) is 0 Å². The van der Waals surface area contributed by atoms with Crippen molar-refractivity contribution < 1.29 is 27.8 Å². The van der Waals surface area contributed by atoms with E-state index in [1.54, 1.807) is 24.3 Å². The quantitative estimate of drug-likeness (QED) is 0.814. The molecule has 2 aromatic rings. The molecule has 2 aromatic carbocycles. The lowest BCUT2D eigenvalue weighted by molar-refractivity contribution is -0.142. The zero-order valence-corrected chi connectivity index (χ0v) is 13.7. The minimum absolute atomic E-state index is 0.0987. The number of carbonyl (C=O) groups excluding carboxylic acids is 2. The third kappa shape index (κ3) is 4.76. The van der Waals surface area contributed by atoms with E-state index in [-0.39, 0.29) is 12.0 Å². The Balaban J connectivity index is 2.18. The van der Waals surface area contributed by atoms with E-state index in [0.29, 0.717) is 5.75 Å². The molecule has 7 heteroatoms. The lowest BCUT2D eigenvalue weighted by atomic mass is 10.0. The van der Waals surface area contributed by atoms with E-state index in [4.69, 9.17) is 9.47 Å². The summed E-state index contributed by atoms with van der Waals surface area (Å²) in [5, 5.41) is 2.47. The minimum atomic E-state index is -1.14. The van der Waals surface area contributed by atoms with Gasteiger partial charge in [0, 0.05) is 12.0 Å². The molecule has 0 aromatic heterocycles. The maximum absolute atomic E-state index is 13.3. The van der Waals surface area contributed by atoms with Gasteiger partial charge in [-0.1, -0.05) is 12.1 Å². The number of hydrogen-bond donors (Lipinski definition) is 1. The number of amides is 1. The Bertz CT molecular complexity index is 779. The van der Waals surface area contributed by atoms with Gasteiger partial charge in [-0.2, -0.15) is 0 Å². The fourth-order valence-electron chi connectivity index (χ4n) is 2.25. The number of esters is 1. The fourth-order valence-corrected chi connectivity index (χ4v) is 2.25. The largest absolute Gasteiger partial charge is 0.497 e. The van der Waals surface area contributed by atoms with Crippen LogP contribution in [0.1, 0.15) is 15.9 Å². The smallest absolute Gasteiger partial charge is 0.328 e. The van der Waals surface area contributed by atoms with Crippen LogP contribution in [0.25, 0.3) is 0 Å². The van der Waals surface area contributed by atoms with Gasteiger partial charge >= 0.3 is 5.97 Å². The van der Waals surface area contributed by atoms with E-state index in [2.05, 4.69) is 5.32 Å². The molecule has 0 radical (unpaired) electrons. The molecule has 0 aliphatic heterocycles. The third-order valence-electron chi connectivity index (χ3n) is 3.55. The first-order chi connectivity index (χ1) is 11.9. The molecular formula is C18H17F2NO4. The van der Waals surface area contributed by atoms with E-state index >= 15 is 0 Å². The van der Waals surface area contributed by atoms with Crippen molar-refractivity contribution in [3.8, 4) is 5.75 Å². The second kappa shape index (κ2) is 8.23. The first-order valence-corrected chi connectivity index (χ1v) is 7.41. The van der Waals surface area contributed by atoms with E-state index in [9.17, 15) is 18.4 Å². The molecule has 0 fully saturated rings. The molecule has 0 bridgehead atoms. The van der Waals surface area contributed by atoms with Gasteiger partial charge in [0.2, 0.25) is 0 Å². The van der Waals surface area contributed by atoms with Gasteiger partial charge in [-0.05, 0) is 35.9 Å². The highest BCUT2D eigenvalue weighted by Gasteiger charge is 2.23. The van der Waals surface area contributed by atoms with Gasteiger partial charge in [0.05, 0.1) is 14.2 Å². The Morgan fingerprint density at radius 3 is 2.48 bits per heavy atom. The number of carbonyl (C=O) groups is 2. The summed E-state index contributed by atoms with van der Waals surface area (Å²) in [7, 11) is 2.71. The fraction of sp³-hybridized carbons (Fsp3) is 0.222. The number of benzene rings is 2. The van der Waals surface area contributed by atoms with E-state index < -0.39 is 29.6 Å². The summed E-state index contributed by atoms with van der Waals surface area (Å²) in [6, 6.07) is 8.74. The topological polar surface area (TPSA) is 64.6 Å². The lowest BCUT2D eigenvalue weighted by Gasteiger charge is -2.17. The molecule has 0 saturated carbocycles. The monoisotopic (exact) mass is 349 g/mol. The van der Waals surface area contributed by atoms with Crippen molar-refractivity contribution in [2.45, 2.75) is 12.5 Å². The van der Waals surface area contributed by atoms with Crippen LogP contribution in [0.2, 0.25) is 0 Å². The summed E-state index contributed by atoms with van der Waals surface area (Å²) in [5.41, 5.74) is 0.638. The molecule has 25 heavy (non-hydrogen) atoms. The van der Waals surface area contributed by atoms with Gasteiger partial charge in [-0.15, -0.1) is 0 Å². The standard InChI is InChI=1S/C18H17F2NO4/c1-24-13-5-3-4-11(8-13)9-16(18(23)25-2)21-17(22)12-6-7-14(19)15(20)10-12/h3-8,10,16H,9H2,1-2H3,(H,21,22)/t16-/m1/s1. The molecule has 0 unspecified atom stereocenters. The van der Waals surface area contributed by atoms with Crippen LogP contribution in [0.5, 0.6) is 5.75 Å². The highest BCUT2D eigenvalue weighted by molar-refractivity contribution is 5.96. The summed E-state index contributed by atoms with van der Waals surface area (Å²) < 4.78 is 36.1. The Morgan fingerprint density at radius 2 is 1.84 bits per heavy atom. The Morgan fingerprint density at radius 1 is 1.08 bits per heavy atom. The lowest BCUT2D eigenvalue weighted by Crippen LogP contribution is -2.43. The van der Waals surface area contributed by atoms with Gasteiger partial charge in [-0.3, -0.25) is 4.79 Å². The zero-order valence-electron chi connectivity index (χ0n) is 13.7. The average molecular weight is 349 g/mol.